The van der Waals surface area contributed by atoms with Gasteiger partial charge in [-0.2, -0.15) is 13.8 Å². The van der Waals surface area contributed by atoms with Crippen molar-refractivity contribution in [2.24, 2.45) is 0 Å². The molecule has 2 aromatic rings. The maximum absolute atomic E-state index is 12.2. The van der Waals surface area contributed by atoms with E-state index in [1.54, 1.807) is 0 Å². The summed E-state index contributed by atoms with van der Waals surface area (Å²) in [6, 6.07) is 5.04. The number of hydroxylamine groups is 2. The van der Waals surface area contributed by atoms with Crippen LogP contribution in [0.2, 0.25) is 0 Å². The maximum atomic E-state index is 12.2. The number of imide groups is 1. The van der Waals surface area contributed by atoms with Gasteiger partial charge in [0.1, 0.15) is 5.75 Å². The fraction of sp³-hybridized carbons (Fsp3) is 0.125. The molecule has 0 unspecified atom stereocenters. The van der Waals surface area contributed by atoms with Crippen molar-refractivity contribution in [2.45, 2.75) is 12.8 Å². The van der Waals surface area contributed by atoms with E-state index in [4.69, 9.17) is 15.4 Å². The molecule has 0 bridgehead atoms. The standard InChI is InChI=1S/C6HF5O.C6H5NO3.C4H5NO3/c7-1-2(8)4(10)6(12)5(11)3(1)9;8-6-3-1-5(2-4-6)7(9)10;6-3-1-2-4(7)5(3)8/h12H;1-4,8H;8H,1-2H2. The zero-order valence-corrected chi connectivity index (χ0v) is 14.5. The molecular weight excluding hydrogens is 427 g/mol. The molecule has 1 aliphatic heterocycles. The summed E-state index contributed by atoms with van der Waals surface area (Å²) in [6.07, 6.45) is 0.296. The highest BCUT2D eigenvalue weighted by molar-refractivity contribution is 6.00. The minimum Gasteiger partial charge on any atom is -0.508 e. The van der Waals surface area contributed by atoms with Crippen molar-refractivity contribution in [1.29, 1.82) is 0 Å². The second-order valence-electron chi connectivity index (χ2n) is 5.29. The van der Waals surface area contributed by atoms with Gasteiger partial charge in [-0.3, -0.25) is 24.9 Å². The number of halogens is 5. The van der Waals surface area contributed by atoms with Gasteiger partial charge in [0.15, 0.2) is 5.75 Å². The summed E-state index contributed by atoms with van der Waals surface area (Å²) in [6.45, 7) is 0. The Hall–Kier alpha value is -3.81. The van der Waals surface area contributed by atoms with E-state index in [0.29, 0.717) is 0 Å². The van der Waals surface area contributed by atoms with Crippen LogP contribution in [0.1, 0.15) is 12.8 Å². The van der Waals surface area contributed by atoms with Gasteiger partial charge in [0.25, 0.3) is 17.5 Å². The zero-order chi connectivity index (χ0) is 23.2. The molecule has 3 rings (SSSR count). The van der Waals surface area contributed by atoms with Crippen molar-refractivity contribution in [3.63, 3.8) is 0 Å². The molecule has 2 aromatic carbocycles. The van der Waals surface area contributed by atoms with E-state index in [0.717, 1.165) is 0 Å². The topological polar surface area (TPSA) is 141 Å². The Labute approximate surface area is 163 Å². The van der Waals surface area contributed by atoms with Crippen molar-refractivity contribution in [3.8, 4) is 11.5 Å². The average Bonchev–Trinajstić information content (AvgIpc) is 3.01. The molecule has 0 atom stereocenters. The monoisotopic (exact) mass is 438 g/mol. The number of nitro benzene ring substituents is 1. The summed E-state index contributed by atoms with van der Waals surface area (Å²) in [4.78, 5) is 30.0. The van der Waals surface area contributed by atoms with Crippen LogP contribution in [0, 0.1) is 39.2 Å². The van der Waals surface area contributed by atoms with Gasteiger partial charge in [0.2, 0.25) is 29.1 Å². The van der Waals surface area contributed by atoms with Gasteiger partial charge in [-0.05, 0) is 12.1 Å². The third-order valence-electron chi connectivity index (χ3n) is 3.27. The summed E-state index contributed by atoms with van der Waals surface area (Å²) >= 11 is 0. The van der Waals surface area contributed by atoms with Crippen molar-refractivity contribution in [2.75, 3.05) is 0 Å². The number of rotatable bonds is 1. The van der Waals surface area contributed by atoms with E-state index in [9.17, 15) is 41.7 Å². The first kappa shape index (κ1) is 24.2. The number of benzene rings is 2. The first-order valence-corrected chi connectivity index (χ1v) is 7.56. The lowest BCUT2D eigenvalue weighted by Gasteiger charge is -2.00. The van der Waals surface area contributed by atoms with E-state index < -0.39 is 51.6 Å². The second-order valence-corrected chi connectivity index (χ2v) is 5.29. The fourth-order valence-electron chi connectivity index (χ4n) is 1.73. The van der Waals surface area contributed by atoms with Crippen LogP contribution < -0.4 is 0 Å². The molecule has 0 aromatic heterocycles. The Bertz CT molecular complexity index is 848. The highest BCUT2D eigenvalue weighted by Gasteiger charge is 2.27. The number of hydrogen-bond donors (Lipinski definition) is 3. The number of phenolic OH excluding ortho intramolecular Hbond substituents is 2. The van der Waals surface area contributed by atoms with Crippen LogP contribution in [-0.4, -0.2) is 37.2 Å². The Morgan fingerprint density at radius 2 is 1.17 bits per heavy atom. The number of hydrogen-bond acceptors (Lipinski definition) is 7. The van der Waals surface area contributed by atoms with Crippen LogP contribution in [0.25, 0.3) is 0 Å². The van der Waals surface area contributed by atoms with Crippen LogP contribution in [0.15, 0.2) is 24.3 Å². The van der Waals surface area contributed by atoms with Crippen LogP contribution in [0.3, 0.4) is 0 Å². The number of aromatic hydroxyl groups is 2. The lowest BCUT2D eigenvalue weighted by Crippen LogP contribution is -2.24. The maximum Gasteiger partial charge on any atom is 0.269 e. The zero-order valence-electron chi connectivity index (χ0n) is 14.5. The normalized spacial score (nSPS) is 12.7. The van der Waals surface area contributed by atoms with Gasteiger partial charge < -0.3 is 10.2 Å². The number of nitro groups is 1. The fourth-order valence-corrected chi connectivity index (χ4v) is 1.73. The Morgan fingerprint density at radius 1 is 0.800 bits per heavy atom. The molecule has 3 N–H and O–H groups in total. The number of carbonyl (C=O) groups excluding carboxylic acids is 2. The molecule has 1 saturated heterocycles. The number of phenols is 2. The third-order valence-corrected chi connectivity index (χ3v) is 3.27. The molecule has 0 radical (unpaired) electrons. The molecule has 9 nitrogen and oxygen atoms in total. The first-order valence-electron chi connectivity index (χ1n) is 7.56. The van der Waals surface area contributed by atoms with Gasteiger partial charge in [-0.25, -0.2) is 13.2 Å². The summed E-state index contributed by atoms with van der Waals surface area (Å²) in [5.74, 6) is -13.9. The van der Waals surface area contributed by atoms with E-state index in [1.165, 1.54) is 24.3 Å². The molecule has 0 saturated carbocycles. The van der Waals surface area contributed by atoms with Crippen molar-refractivity contribution in [3.05, 3.63) is 63.5 Å². The van der Waals surface area contributed by atoms with E-state index in [2.05, 4.69) is 0 Å². The average molecular weight is 438 g/mol. The summed E-state index contributed by atoms with van der Waals surface area (Å²) in [5, 5.41) is 35.6. The van der Waals surface area contributed by atoms with Gasteiger partial charge in [-0.1, -0.05) is 0 Å². The summed E-state index contributed by atoms with van der Waals surface area (Å²) in [7, 11) is 0. The van der Waals surface area contributed by atoms with Gasteiger partial charge in [0, 0.05) is 25.0 Å². The highest BCUT2D eigenvalue weighted by Crippen LogP contribution is 2.27. The lowest BCUT2D eigenvalue weighted by molar-refractivity contribution is -0.384. The molecule has 30 heavy (non-hydrogen) atoms. The molecule has 162 valence electrons. The largest absolute Gasteiger partial charge is 0.508 e. The number of carbonyl (C=O) groups is 2. The van der Waals surface area contributed by atoms with Crippen molar-refractivity contribution >= 4 is 17.5 Å². The van der Waals surface area contributed by atoms with Crippen LogP contribution in [0.5, 0.6) is 11.5 Å². The highest BCUT2D eigenvalue weighted by atomic mass is 19.2. The van der Waals surface area contributed by atoms with Gasteiger partial charge >= 0.3 is 0 Å². The quantitative estimate of drug-likeness (QED) is 0.118. The van der Waals surface area contributed by atoms with E-state index in [1.807, 2.05) is 0 Å². The lowest BCUT2D eigenvalue weighted by atomic mass is 10.3. The molecular formula is C16H11F5N2O7. The van der Waals surface area contributed by atoms with Crippen molar-refractivity contribution in [1.82, 2.24) is 5.06 Å². The van der Waals surface area contributed by atoms with Gasteiger partial charge in [0.05, 0.1) is 4.92 Å². The van der Waals surface area contributed by atoms with Crippen LogP contribution >= 0.6 is 0 Å². The van der Waals surface area contributed by atoms with Gasteiger partial charge in [-0.15, -0.1) is 0 Å². The molecule has 2 amide bonds. The SMILES string of the molecule is O=C1CCC(=O)N1O.O=[N+]([O-])c1ccc(O)cc1.Oc1c(F)c(F)c(F)c(F)c1F. The number of nitrogens with zero attached hydrogens (tertiary/aromatic N) is 2. The molecule has 1 fully saturated rings. The summed E-state index contributed by atoms with van der Waals surface area (Å²) < 4.78 is 60.6. The number of amides is 2. The van der Waals surface area contributed by atoms with Crippen LogP contribution in [0.4, 0.5) is 27.6 Å². The second kappa shape index (κ2) is 10.1. The predicted octanol–water partition coefficient (Wildman–Crippen LogP) is 2.91. The Kier molecular flexibility index (Phi) is 8.16. The predicted molar refractivity (Wildman–Crippen MR) is 85.5 cm³/mol. The third kappa shape index (κ3) is 5.84. The smallest absolute Gasteiger partial charge is 0.269 e. The molecule has 14 heteroatoms. The molecule has 1 heterocycles. The van der Waals surface area contributed by atoms with E-state index >= 15 is 0 Å². The summed E-state index contributed by atoms with van der Waals surface area (Å²) in [5.41, 5.74) is -0.0159. The number of non-ortho nitro benzene ring substituents is 1. The minimum atomic E-state index is -2.29. The molecule has 0 aliphatic carbocycles. The first-order chi connectivity index (χ1) is 13.9. The van der Waals surface area contributed by atoms with E-state index in [-0.39, 0.29) is 29.3 Å². The minimum absolute atomic E-state index is 0.0159. The Morgan fingerprint density at radius 3 is 1.47 bits per heavy atom. The Balaban J connectivity index is 0.000000230. The molecule has 1 aliphatic rings. The van der Waals surface area contributed by atoms with Crippen LogP contribution in [-0.2, 0) is 9.59 Å². The van der Waals surface area contributed by atoms with Crippen molar-refractivity contribution < 1.29 is 51.9 Å². The molecule has 0 spiro atoms.